The number of allylic oxidation sites excluding steroid dienone is 2. The molecule has 1 atom stereocenters. The fourth-order valence-electron chi connectivity index (χ4n) is 4.19. The third-order valence-electron chi connectivity index (χ3n) is 5.70. The summed E-state index contributed by atoms with van der Waals surface area (Å²) in [4.78, 5) is 13.3. The fourth-order valence-corrected chi connectivity index (χ4v) is 4.51. The molecular weight excluding hydrogens is 370 g/mol. The average Bonchev–Trinajstić information content (AvgIpc) is 3.06. The highest BCUT2D eigenvalue weighted by molar-refractivity contribution is 7.84. The summed E-state index contributed by atoms with van der Waals surface area (Å²) in [6, 6.07) is 13.3. The minimum absolute atomic E-state index is 0.0361. The molecule has 28 heavy (non-hydrogen) atoms. The minimum atomic E-state index is -0.901. The normalized spacial score (nSPS) is 17.4. The van der Waals surface area contributed by atoms with E-state index >= 15 is 0 Å². The van der Waals surface area contributed by atoms with Crippen molar-refractivity contribution in [1.29, 1.82) is 5.26 Å². The molecule has 1 unspecified atom stereocenters. The lowest BCUT2D eigenvalue weighted by Gasteiger charge is -2.34. The van der Waals surface area contributed by atoms with Crippen LogP contribution >= 0.6 is 0 Å². The number of rotatable bonds is 4. The number of hydrogen-bond donors (Lipinski definition) is 0. The Labute approximate surface area is 167 Å². The van der Waals surface area contributed by atoms with Crippen LogP contribution in [-0.2, 0) is 22.6 Å². The van der Waals surface area contributed by atoms with Crippen LogP contribution in [0.3, 0.4) is 0 Å². The van der Waals surface area contributed by atoms with Crippen LogP contribution in [0, 0.1) is 11.3 Å². The lowest BCUT2D eigenvalue weighted by Crippen LogP contribution is -2.29. The number of benzene rings is 2. The van der Waals surface area contributed by atoms with Crippen LogP contribution in [-0.4, -0.2) is 28.6 Å². The number of nitrogens with zero attached hydrogens (tertiary/aromatic N) is 1. The molecule has 2 aromatic carbocycles. The number of carbonyl (C=O) groups is 1. The zero-order valence-electron chi connectivity index (χ0n) is 16.2. The van der Waals surface area contributed by atoms with Crippen LogP contribution in [0.1, 0.15) is 46.5 Å². The van der Waals surface area contributed by atoms with E-state index in [-0.39, 0.29) is 11.2 Å². The molecule has 2 aliphatic carbocycles. The monoisotopic (exact) mass is 391 g/mol. The molecule has 0 saturated heterocycles. The summed E-state index contributed by atoms with van der Waals surface area (Å²) < 4.78 is 17.0. The molecular formula is C23H21NO3S. The van der Waals surface area contributed by atoms with Crippen molar-refractivity contribution >= 4 is 22.2 Å². The first kappa shape index (κ1) is 18.6. The molecule has 142 valence electrons. The molecule has 0 fully saturated rings. The van der Waals surface area contributed by atoms with Gasteiger partial charge >= 0.3 is 0 Å². The molecule has 4 rings (SSSR count). The van der Waals surface area contributed by atoms with Gasteiger partial charge < -0.3 is 4.74 Å². The number of fused-ring (bicyclic) bond motifs is 3. The lowest BCUT2D eigenvalue weighted by atomic mass is 9.68. The third-order valence-corrected chi connectivity index (χ3v) is 6.44. The summed E-state index contributed by atoms with van der Waals surface area (Å²) in [7, 11) is -0.901. The van der Waals surface area contributed by atoms with Gasteiger partial charge in [0.05, 0.1) is 24.0 Å². The molecule has 0 spiro atoms. The maximum atomic E-state index is 13.3. The maximum absolute atomic E-state index is 13.3. The van der Waals surface area contributed by atoms with Gasteiger partial charge in [0.1, 0.15) is 5.75 Å². The van der Waals surface area contributed by atoms with Crippen molar-refractivity contribution in [3.8, 4) is 11.8 Å². The van der Waals surface area contributed by atoms with Crippen molar-refractivity contribution in [2.45, 2.75) is 25.7 Å². The summed E-state index contributed by atoms with van der Waals surface area (Å²) in [6.45, 7) is 4.65. The van der Waals surface area contributed by atoms with Crippen LogP contribution < -0.4 is 4.74 Å². The Kier molecular flexibility index (Phi) is 4.47. The van der Waals surface area contributed by atoms with Crippen molar-refractivity contribution in [2.24, 2.45) is 0 Å². The molecule has 5 heteroatoms. The van der Waals surface area contributed by atoms with Gasteiger partial charge in [-0.15, -0.1) is 0 Å². The van der Waals surface area contributed by atoms with Crippen molar-refractivity contribution in [3.63, 3.8) is 0 Å². The molecule has 0 saturated carbocycles. The van der Waals surface area contributed by atoms with E-state index in [9.17, 15) is 14.3 Å². The van der Waals surface area contributed by atoms with Gasteiger partial charge in [-0.3, -0.25) is 9.00 Å². The second-order valence-electron chi connectivity index (χ2n) is 7.80. The van der Waals surface area contributed by atoms with E-state index in [1.54, 1.807) is 12.3 Å². The number of carbonyl (C=O) groups excluding carboxylic acids is 1. The first-order chi connectivity index (χ1) is 13.3. The Bertz CT molecular complexity index is 1110. The number of ether oxygens (including phenoxy) is 1. The molecule has 0 amide bonds. The Hall–Kier alpha value is -2.71. The predicted molar refractivity (Wildman–Crippen MR) is 110 cm³/mol. The van der Waals surface area contributed by atoms with Crippen LogP contribution in [0.5, 0.6) is 5.75 Å². The molecule has 2 aromatic rings. The van der Waals surface area contributed by atoms with Crippen molar-refractivity contribution in [3.05, 3.63) is 69.8 Å². The van der Waals surface area contributed by atoms with Gasteiger partial charge in [0.2, 0.25) is 0 Å². The average molecular weight is 391 g/mol. The Morgan fingerprint density at radius 2 is 1.93 bits per heavy atom. The predicted octanol–water partition coefficient (Wildman–Crippen LogP) is 3.80. The van der Waals surface area contributed by atoms with E-state index in [4.69, 9.17) is 4.74 Å². The van der Waals surface area contributed by atoms with Gasteiger partial charge in [-0.25, -0.2) is 0 Å². The highest BCUT2D eigenvalue weighted by Crippen LogP contribution is 2.50. The topological polar surface area (TPSA) is 67.2 Å². The number of Topliss-reactive ketones (excluding diaryl/α,β-unsaturated/α-hetero) is 1. The number of hydrogen-bond acceptors (Lipinski definition) is 4. The first-order valence-electron chi connectivity index (χ1n) is 9.22. The van der Waals surface area contributed by atoms with Gasteiger partial charge in [-0.2, -0.15) is 5.26 Å². The molecule has 0 radical (unpaired) electrons. The zero-order valence-corrected chi connectivity index (χ0v) is 17.0. The van der Waals surface area contributed by atoms with Crippen LogP contribution in [0.15, 0.2) is 42.0 Å². The molecule has 0 N–H and O–H groups in total. The van der Waals surface area contributed by atoms with E-state index in [2.05, 4.69) is 19.9 Å². The summed E-state index contributed by atoms with van der Waals surface area (Å²) in [5.74, 6) is 1.20. The van der Waals surface area contributed by atoms with E-state index in [0.717, 1.165) is 27.8 Å². The van der Waals surface area contributed by atoms with Crippen LogP contribution in [0.25, 0.3) is 5.57 Å². The summed E-state index contributed by atoms with van der Waals surface area (Å²) in [5, 5.41) is 9.20. The van der Waals surface area contributed by atoms with E-state index in [1.165, 1.54) is 0 Å². The highest BCUT2D eigenvalue weighted by atomic mass is 32.2. The van der Waals surface area contributed by atoms with Crippen molar-refractivity contribution in [2.75, 3.05) is 18.6 Å². The van der Waals surface area contributed by atoms with Crippen LogP contribution in [0.2, 0.25) is 0 Å². The second-order valence-corrected chi connectivity index (χ2v) is 9.36. The van der Waals surface area contributed by atoms with Gasteiger partial charge in [0, 0.05) is 33.6 Å². The van der Waals surface area contributed by atoms with E-state index < -0.39 is 10.8 Å². The van der Waals surface area contributed by atoms with Crippen molar-refractivity contribution in [1.82, 2.24) is 0 Å². The quantitative estimate of drug-likeness (QED) is 0.795. The van der Waals surface area contributed by atoms with E-state index in [0.29, 0.717) is 35.7 Å². The summed E-state index contributed by atoms with van der Waals surface area (Å²) in [5.41, 5.74) is 5.83. The zero-order chi connectivity index (χ0) is 20.1. The Morgan fingerprint density at radius 3 is 2.64 bits per heavy atom. The van der Waals surface area contributed by atoms with E-state index in [1.807, 2.05) is 30.3 Å². The molecule has 0 aliphatic heterocycles. The summed E-state index contributed by atoms with van der Waals surface area (Å²) >= 11 is 0. The SMILES string of the molecule is CS(=O)CCOc1ccc2c(c1)C(C)(C)C1=C(C2=O)c2ccc(C#N)cc2C1. The third kappa shape index (κ3) is 2.89. The van der Waals surface area contributed by atoms with Gasteiger partial charge in [-0.1, -0.05) is 19.9 Å². The minimum Gasteiger partial charge on any atom is -0.493 e. The lowest BCUT2D eigenvalue weighted by molar-refractivity contribution is 0.105. The molecule has 0 heterocycles. The smallest absolute Gasteiger partial charge is 0.193 e. The summed E-state index contributed by atoms with van der Waals surface area (Å²) in [6.07, 6.45) is 2.33. The molecule has 0 aromatic heterocycles. The maximum Gasteiger partial charge on any atom is 0.193 e. The Balaban J connectivity index is 1.74. The van der Waals surface area contributed by atoms with Crippen molar-refractivity contribution < 1.29 is 13.7 Å². The highest BCUT2D eigenvalue weighted by Gasteiger charge is 2.42. The Morgan fingerprint density at radius 1 is 1.18 bits per heavy atom. The largest absolute Gasteiger partial charge is 0.493 e. The number of nitriles is 1. The molecule has 4 nitrogen and oxygen atoms in total. The van der Waals surface area contributed by atoms with Gasteiger partial charge in [0.15, 0.2) is 5.78 Å². The van der Waals surface area contributed by atoms with Gasteiger partial charge in [0.25, 0.3) is 0 Å². The molecule has 0 bridgehead atoms. The second kappa shape index (κ2) is 6.72. The van der Waals surface area contributed by atoms with Gasteiger partial charge in [-0.05, 0) is 59.0 Å². The first-order valence-corrected chi connectivity index (χ1v) is 10.9. The fraction of sp³-hybridized carbons (Fsp3) is 0.304. The van der Waals surface area contributed by atoms with Crippen LogP contribution in [0.4, 0.5) is 0 Å². The standard InChI is InChI=1S/C23H21NO3S/c1-23(2)19-12-16(27-8-9-28(3)26)5-7-18(19)22(25)21-17-6-4-14(13-24)10-15(17)11-20(21)23/h4-7,10,12H,8-9,11H2,1-3H3. The number of ketones is 1. The molecule has 2 aliphatic rings.